The SMILES string of the molecule is COc1cc2[nH]c3c(=O)n(CCC(=O)N4CCN(c5ccccc5OC)CC4)cnc3c2cc1OC. The highest BCUT2D eigenvalue weighted by Crippen LogP contribution is 2.34. The Bertz CT molecular complexity index is 1470. The van der Waals surface area contributed by atoms with E-state index < -0.39 is 0 Å². The number of ether oxygens (including phenoxy) is 3. The minimum Gasteiger partial charge on any atom is -0.495 e. The molecular formula is C26H29N5O5. The first-order valence-electron chi connectivity index (χ1n) is 11.8. The van der Waals surface area contributed by atoms with Gasteiger partial charge >= 0.3 is 0 Å². The lowest BCUT2D eigenvalue weighted by atomic mass is 10.2. The lowest BCUT2D eigenvalue weighted by Crippen LogP contribution is -2.49. The molecule has 5 rings (SSSR count). The quantitative estimate of drug-likeness (QED) is 0.424. The number of hydrogen-bond acceptors (Lipinski definition) is 7. The average molecular weight is 492 g/mol. The molecule has 1 aliphatic rings. The predicted molar refractivity (Wildman–Crippen MR) is 137 cm³/mol. The number of aryl methyl sites for hydroxylation is 1. The maximum Gasteiger partial charge on any atom is 0.277 e. The van der Waals surface area contributed by atoms with Gasteiger partial charge in [0.05, 0.1) is 38.9 Å². The highest BCUT2D eigenvalue weighted by molar-refractivity contribution is 6.05. The number of rotatable bonds is 7. The van der Waals surface area contributed by atoms with Crippen molar-refractivity contribution in [3.63, 3.8) is 0 Å². The van der Waals surface area contributed by atoms with Gasteiger partial charge in [0.15, 0.2) is 11.5 Å². The molecule has 0 spiro atoms. The normalized spacial score (nSPS) is 13.9. The number of benzene rings is 2. The van der Waals surface area contributed by atoms with Crippen LogP contribution in [0.5, 0.6) is 17.2 Å². The number of piperazine rings is 1. The average Bonchev–Trinajstić information content (AvgIpc) is 3.30. The van der Waals surface area contributed by atoms with Gasteiger partial charge in [0.1, 0.15) is 16.8 Å². The van der Waals surface area contributed by atoms with Gasteiger partial charge in [-0.1, -0.05) is 12.1 Å². The fraction of sp³-hybridized carbons (Fsp3) is 0.346. The molecule has 1 amide bonds. The van der Waals surface area contributed by atoms with E-state index in [9.17, 15) is 9.59 Å². The van der Waals surface area contributed by atoms with Crippen LogP contribution in [0.1, 0.15) is 6.42 Å². The Balaban J connectivity index is 1.27. The number of methoxy groups -OCH3 is 3. The second-order valence-corrected chi connectivity index (χ2v) is 8.63. The van der Waals surface area contributed by atoms with Crippen molar-refractivity contribution in [3.05, 3.63) is 53.1 Å². The minimum absolute atomic E-state index is 0.0211. The van der Waals surface area contributed by atoms with E-state index in [1.54, 1.807) is 33.5 Å². The molecule has 0 atom stereocenters. The summed E-state index contributed by atoms with van der Waals surface area (Å²) in [4.78, 5) is 37.8. The Morgan fingerprint density at radius 3 is 2.39 bits per heavy atom. The standard InChI is InChI=1S/C26H29N5O5/c1-34-20-7-5-4-6-19(20)29-10-12-30(13-11-29)23(32)8-9-31-16-27-24-17-14-21(35-2)22(36-3)15-18(17)28-25(24)26(31)33/h4-7,14-16,28H,8-13H2,1-3H3. The zero-order valence-corrected chi connectivity index (χ0v) is 20.6. The van der Waals surface area contributed by atoms with Crippen molar-refractivity contribution >= 4 is 33.5 Å². The number of para-hydroxylation sites is 2. The number of carbonyl (C=O) groups excluding carboxylic acids is 1. The summed E-state index contributed by atoms with van der Waals surface area (Å²) in [6, 6.07) is 11.5. The molecule has 1 aliphatic heterocycles. The Labute approximate surface area is 208 Å². The van der Waals surface area contributed by atoms with Crippen LogP contribution in [0.15, 0.2) is 47.5 Å². The van der Waals surface area contributed by atoms with Crippen LogP contribution in [0.3, 0.4) is 0 Å². The van der Waals surface area contributed by atoms with Gasteiger partial charge in [-0.15, -0.1) is 0 Å². The van der Waals surface area contributed by atoms with Crippen molar-refractivity contribution in [2.45, 2.75) is 13.0 Å². The maximum atomic E-state index is 13.1. The summed E-state index contributed by atoms with van der Waals surface area (Å²) in [6.45, 7) is 2.95. The van der Waals surface area contributed by atoms with Crippen LogP contribution in [0, 0.1) is 0 Å². The highest BCUT2D eigenvalue weighted by Gasteiger charge is 2.23. The number of hydrogen-bond donors (Lipinski definition) is 1. The third kappa shape index (κ3) is 4.19. The van der Waals surface area contributed by atoms with Gasteiger partial charge in [0.2, 0.25) is 5.91 Å². The van der Waals surface area contributed by atoms with Gasteiger partial charge in [-0.25, -0.2) is 4.98 Å². The Morgan fingerprint density at radius 2 is 1.67 bits per heavy atom. The van der Waals surface area contributed by atoms with Gasteiger partial charge in [-0.05, 0) is 18.2 Å². The van der Waals surface area contributed by atoms with Crippen LogP contribution in [-0.2, 0) is 11.3 Å². The third-order valence-electron chi connectivity index (χ3n) is 6.70. The smallest absolute Gasteiger partial charge is 0.277 e. The number of anilines is 1. The molecule has 1 saturated heterocycles. The zero-order chi connectivity index (χ0) is 25.2. The first kappa shape index (κ1) is 23.5. The number of fused-ring (bicyclic) bond motifs is 3. The van der Waals surface area contributed by atoms with Crippen LogP contribution in [0.4, 0.5) is 5.69 Å². The monoisotopic (exact) mass is 491 g/mol. The molecule has 10 heteroatoms. The molecule has 0 radical (unpaired) electrons. The summed E-state index contributed by atoms with van der Waals surface area (Å²) in [5, 5.41) is 0.774. The number of nitrogens with zero attached hydrogens (tertiary/aromatic N) is 4. The van der Waals surface area contributed by atoms with Crippen molar-refractivity contribution in [1.29, 1.82) is 0 Å². The molecular weight excluding hydrogens is 462 g/mol. The van der Waals surface area contributed by atoms with E-state index in [0.717, 1.165) is 35.4 Å². The van der Waals surface area contributed by atoms with E-state index in [1.165, 1.54) is 10.9 Å². The largest absolute Gasteiger partial charge is 0.495 e. The van der Waals surface area contributed by atoms with E-state index in [0.29, 0.717) is 35.6 Å². The topological polar surface area (TPSA) is 102 Å². The fourth-order valence-electron chi connectivity index (χ4n) is 4.74. The second kappa shape index (κ2) is 9.80. The van der Waals surface area contributed by atoms with E-state index >= 15 is 0 Å². The molecule has 0 saturated carbocycles. The third-order valence-corrected chi connectivity index (χ3v) is 6.70. The van der Waals surface area contributed by atoms with Gasteiger partial charge in [0.25, 0.3) is 5.56 Å². The lowest BCUT2D eigenvalue weighted by Gasteiger charge is -2.36. The summed E-state index contributed by atoms with van der Waals surface area (Å²) >= 11 is 0. The molecule has 1 fully saturated rings. The number of aromatic nitrogens is 3. The minimum atomic E-state index is -0.220. The summed E-state index contributed by atoms with van der Waals surface area (Å²) < 4.78 is 17.7. The molecule has 3 heterocycles. The fourth-order valence-corrected chi connectivity index (χ4v) is 4.74. The predicted octanol–water partition coefficient (Wildman–Crippen LogP) is 2.64. The second-order valence-electron chi connectivity index (χ2n) is 8.63. The van der Waals surface area contributed by atoms with Crippen molar-refractivity contribution < 1.29 is 19.0 Å². The molecule has 1 N–H and O–H groups in total. The van der Waals surface area contributed by atoms with Crippen LogP contribution in [-0.4, -0.2) is 72.9 Å². The molecule has 2 aromatic carbocycles. The molecule has 2 aromatic heterocycles. The van der Waals surface area contributed by atoms with Crippen LogP contribution in [0.25, 0.3) is 21.9 Å². The molecule has 10 nitrogen and oxygen atoms in total. The van der Waals surface area contributed by atoms with Crippen LogP contribution >= 0.6 is 0 Å². The molecule has 4 aromatic rings. The number of H-pyrrole nitrogens is 1. The maximum absolute atomic E-state index is 13.1. The molecule has 0 unspecified atom stereocenters. The molecule has 0 aliphatic carbocycles. The van der Waals surface area contributed by atoms with Gasteiger partial charge in [-0.3, -0.25) is 14.2 Å². The Kier molecular flexibility index (Phi) is 6.41. The number of nitrogens with one attached hydrogen (secondary N) is 1. The Hall–Kier alpha value is -4.21. The van der Waals surface area contributed by atoms with Crippen molar-refractivity contribution in [3.8, 4) is 17.2 Å². The van der Waals surface area contributed by atoms with Crippen molar-refractivity contribution in [2.24, 2.45) is 0 Å². The first-order chi connectivity index (χ1) is 17.5. The number of carbonyl (C=O) groups is 1. The van der Waals surface area contributed by atoms with E-state index in [2.05, 4.69) is 14.9 Å². The summed E-state index contributed by atoms with van der Waals surface area (Å²) in [6.07, 6.45) is 1.73. The van der Waals surface area contributed by atoms with Gasteiger partial charge in [0, 0.05) is 50.6 Å². The zero-order valence-electron chi connectivity index (χ0n) is 20.6. The van der Waals surface area contributed by atoms with Gasteiger partial charge < -0.3 is 29.0 Å². The van der Waals surface area contributed by atoms with Crippen LogP contribution in [0.2, 0.25) is 0 Å². The number of aromatic amines is 1. The summed E-state index contributed by atoms with van der Waals surface area (Å²) in [5.74, 6) is 1.97. The number of amides is 1. The lowest BCUT2D eigenvalue weighted by molar-refractivity contribution is -0.131. The first-order valence-corrected chi connectivity index (χ1v) is 11.8. The van der Waals surface area contributed by atoms with Crippen molar-refractivity contribution in [1.82, 2.24) is 19.4 Å². The summed E-state index contributed by atoms with van der Waals surface area (Å²) in [7, 11) is 4.79. The summed E-state index contributed by atoms with van der Waals surface area (Å²) in [5.41, 5.74) is 2.50. The Morgan fingerprint density at radius 1 is 0.972 bits per heavy atom. The van der Waals surface area contributed by atoms with Gasteiger partial charge in [-0.2, -0.15) is 0 Å². The molecule has 188 valence electrons. The van der Waals surface area contributed by atoms with E-state index in [4.69, 9.17) is 14.2 Å². The van der Waals surface area contributed by atoms with E-state index in [1.807, 2.05) is 29.2 Å². The highest BCUT2D eigenvalue weighted by atomic mass is 16.5. The molecule has 36 heavy (non-hydrogen) atoms. The molecule has 0 bridgehead atoms. The van der Waals surface area contributed by atoms with Crippen molar-refractivity contribution in [2.75, 3.05) is 52.4 Å². The van der Waals surface area contributed by atoms with Crippen LogP contribution < -0.4 is 24.7 Å². The van der Waals surface area contributed by atoms with E-state index in [-0.39, 0.29) is 24.4 Å².